The van der Waals surface area contributed by atoms with E-state index in [9.17, 15) is 4.79 Å². The first-order valence-electron chi connectivity index (χ1n) is 7.15. The summed E-state index contributed by atoms with van der Waals surface area (Å²) in [6.07, 6.45) is 1.04. The number of carbonyl (C=O) groups is 1. The van der Waals surface area contributed by atoms with Crippen molar-refractivity contribution in [3.63, 3.8) is 0 Å². The fourth-order valence-corrected chi connectivity index (χ4v) is 2.98. The number of para-hydroxylation sites is 1. The lowest BCUT2D eigenvalue weighted by molar-refractivity contribution is -0.147. The van der Waals surface area contributed by atoms with Crippen molar-refractivity contribution in [2.24, 2.45) is 0 Å². The molecule has 110 valence electrons. The monoisotopic (exact) mass is 276 g/mol. The summed E-state index contributed by atoms with van der Waals surface area (Å²) in [6.45, 7) is 7.57. The molecule has 0 aromatic heterocycles. The molecular formula is C16H24N2O2. The van der Waals surface area contributed by atoms with E-state index in [1.165, 1.54) is 18.4 Å². The molecule has 0 bridgehead atoms. The highest BCUT2D eigenvalue weighted by molar-refractivity contribution is 5.81. The number of ether oxygens (including phenoxy) is 1. The van der Waals surface area contributed by atoms with Crippen LogP contribution in [0.2, 0.25) is 0 Å². The van der Waals surface area contributed by atoms with Crippen molar-refractivity contribution in [1.29, 1.82) is 0 Å². The number of carbonyl (C=O) groups excluding carboxylic acids is 1. The van der Waals surface area contributed by atoms with E-state index in [1.54, 1.807) is 0 Å². The predicted molar refractivity (Wildman–Crippen MR) is 81.1 cm³/mol. The Labute approximate surface area is 121 Å². The molecule has 2 rings (SSSR count). The van der Waals surface area contributed by atoms with E-state index in [4.69, 9.17) is 4.74 Å². The molecule has 4 heteroatoms. The number of methoxy groups -OCH3 is 1. The van der Waals surface area contributed by atoms with Gasteiger partial charge in [0.1, 0.15) is 5.54 Å². The minimum atomic E-state index is -0.694. The maximum Gasteiger partial charge on any atom is 0.327 e. The molecule has 0 saturated carbocycles. The molecule has 1 N–H and O–H groups in total. The first-order chi connectivity index (χ1) is 9.46. The van der Waals surface area contributed by atoms with Crippen molar-refractivity contribution < 1.29 is 9.53 Å². The van der Waals surface area contributed by atoms with Crippen molar-refractivity contribution >= 4 is 11.7 Å². The number of nitrogens with zero attached hydrogens (tertiary/aromatic N) is 1. The van der Waals surface area contributed by atoms with E-state index in [2.05, 4.69) is 28.4 Å². The lowest BCUT2D eigenvalue weighted by Gasteiger charge is -2.35. The molecule has 1 aliphatic rings. The number of rotatable bonds is 5. The number of hydrogen-bond acceptors (Lipinski definition) is 4. The van der Waals surface area contributed by atoms with Crippen LogP contribution in [0.3, 0.4) is 0 Å². The molecule has 4 nitrogen and oxygen atoms in total. The maximum absolute atomic E-state index is 12.2. The Balaban J connectivity index is 2.19. The van der Waals surface area contributed by atoms with Gasteiger partial charge in [0.15, 0.2) is 0 Å². The van der Waals surface area contributed by atoms with Gasteiger partial charge in [0.25, 0.3) is 0 Å². The summed E-state index contributed by atoms with van der Waals surface area (Å²) in [6, 6.07) is 8.60. The lowest BCUT2D eigenvalue weighted by Crippen LogP contribution is -2.59. The molecule has 1 aliphatic heterocycles. The van der Waals surface area contributed by atoms with E-state index in [0.717, 1.165) is 13.0 Å². The van der Waals surface area contributed by atoms with Crippen LogP contribution >= 0.6 is 0 Å². The second kappa shape index (κ2) is 5.83. The quantitative estimate of drug-likeness (QED) is 0.835. The van der Waals surface area contributed by atoms with Crippen molar-refractivity contribution in [2.45, 2.75) is 38.8 Å². The highest BCUT2D eigenvalue weighted by Crippen LogP contribution is 2.29. The highest BCUT2D eigenvalue weighted by atomic mass is 16.5. The predicted octanol–water partition coefficient (Wildman–Crippen LogP) is 1.98. The first-order valence-corrected chi connectivity index (χ1v) is 7.15. The molecule has 0 radical (unpaired) electrons. The van der Waals surface area contributed by atoms with Gasteiger partial charge in [-0.25, -0.2) is 4.79 Å². The van der Waals surface area contributed by atoms with Gasteiger partial charge in [-0.15, -0.1) is 0 Å². The van der Waals surface area contributed by atoms with Crippen LogP contribution in [-0.4, -0.2) is 37.7 Å². The molecule has 1 aromatic rings. The van der Waals surface area contributed by atoms with Crippen LogP contribution in [0.1, 0.15) is 26.3 Å². The number of nitrogens with one attached hydrogen (secondary N) is 1. The van der Waals surface area contributed by atoms with Crippen molar-refractivity contribution in [1.82, 2.24) is 5.32 Å². The van der Waals surface area contributed by atoms with Gasteiger partial charge in [0, 0.05) is 24.8 Å². The summed E-state index contributed by atoms with van der Waals surface area (Å²) in [7, 11) is 1.44. The molecule has 0 spiro atoms. The van der Waals surface area contributed by atoms with Crippen LogP contribution < -0.4 is 10.2 Å². The van der Waals surface area contributed by atoms with Crippen molar-refractivity contribution in [2.75, 3.05) is 25.1 Å². The maximum atomic E-state index is 12.2. The normalized spacial score (nSPS) is 16.9. The van der Waals surface area contributed by atoms with E-state index >= 15 is 0 Å². The van der Waals surface area contributed by atoms with Gasteiger partial charge in [-0.05, 0) is 38.8 Å². The van der Waals surface area contributed by atoms with E-state index in [0.29, 0.717) is 6.54 Å². The molecular weight excluding hydrogens is 252 g/mol. The Hall–Kier alpha value is -1.55. The summed E-state index contributed by atoms with van der Waals surface area (Å²) >= 11 is 0. The van der Waals surface area contributed by atoms with Crippen LogP contribution in [-0.2, 0) is 16.0 Å². The standard InChI is InChI=1S/C16H24N2O2/c1-12(2)17-16(3,15(19)20-4)11-18-10-9-13-7-5-6-8-14(13)18/h5-8,12,17H,9-11H2,1-4H3. The van der Waals surface area contributed by atoms with Gasteiger partial charge in [-0.2, -0.15) is 0 Å². The van der Waals surface area contributed by atoms with Gasteiger partial charge >= 0.3 is 5.97 Å². The molecule has 1 unspecified atom stereocenters. The number of fused-ring (bicyclic) bond motifs is 1. The summed E-state index contributed by atoms with van der Waals surface area (Å²) in [4.78, 5) is 14.4. The van der Waals surface area contributed by atoms with Gasteiger partial charge in [-0.1, -0.05) is 18.2 Å². The van der Waals surface area contributed by atoms with Crippen molar-refractivity contribution in [3.8, 4) is 0 Å². The smallest absolute Gasteiger partial charge is 0.327 e. The summed E-state index contributed by atoms with van der Waals surface area (Å²) < 4.78 is 4.99. The molecule has 0 aliphatic carbocycles. The lowest BCUT2D eigenvalue weighted by atomic mass is 10.0. The van der Waals surface area contributed by atoms with Crippen LogP contribution in [0.4, 0.5) is 5.69 Å². The van der Waals surface area contributed by atoms with Gasteiger partial charge in [-0.3, -0.25) is 5.32 Å². The van der Waals surface area contributed by atoms with Crippen LogP contribution in [0, 0.1) is 0 Å². The van der Waals surface area contributed by atoms with E-state index < -0.39 is 5.54 Å². The van der Waals surface area contributed by atoms with Crippen LogP contribution in [0.15, 0.2) is 24.3 Å². The molecule has 0 saturated heterocycles. The number of benzene rings is 1. The zero-order valence-electron chi connectivity index (χ0n) is 12.8. The Kier molecular flexibility index (Phi) is 4.33. The summed E-state index contributed by atoms with van der Waals surface area (Å²) in [5.41, 5.74) is 1.89. The largest absolute Gasteiger partial charge is 0.468 e. The molecule has 1 heterocycles. The fourth-order valence-electron chi connectivity index (χ4n) is 2.98. The summed E-state index contributed by atoms with van der Waals surface area (Å²) in [5, 5.41) is 3.35. The Morgan fingerprint density at radius 3 is 2.80 bits per heavy atom. The minimum Gasteiger partial charge on any atom is -0.468 e. The third kappa shape index (κ3) is 2.96. The van der Waals surface area contributed by atoms with Crippen LogP contribution in [0.5, 0.6) is 0 Å². The zero-order chi connectivity index (χ0) is 14.8. The number of esters is 1. The van der Waals surface area contributed by atoms with Crippen molar-refractivity contribution in [3.05, 3.63) is 29.8 Å². The van der Waals surface area contributed by atoms with E-state index in [-0.39, 0.29) is 12.0 Å². The molecule has 1 atom stereocenters. The molecule has 0 fully saturated rings. The van der Waals surface area contributed by atoms with E-state index in [1.807, 2.05) is 26.8 Å². The Bertz CT molecular complexity index is 487. The second-order valence-electron chi connectivity index (χ2n) is 5.92. The second-order valence-corrected chi connectivity index (χ2v) is 5.92. The third-order valence-electron chi connectivity index (χ3n) is 3.73. The average Bonchev–Trinajstić information content (AvgIpc) is 2.80. The molecule has 1 aromatic carbocycles. The molecule has 20 heavy (non-hydrogen) atoms. The Morgan fingerprint density at radius 1 is 1.45 bits per heavy atom. The van der Waals surface area contributed by atoms with Crippen LogP contribution in [0.25, 0.3) is 0 Å². The fraction of sp³-hybridized carbons (Fsp3) is 0.562. The molecule has 0 amide bonds. The topological polar surface area (TPSA) is 41.6 Å². The number of hydrogen-bond donors (Lipinski definition) is 1. The summed E-state index contributed by atoms with van der Waals surface area (Å²) in [5.74, 6) is -0.212. The Morgan fingerprint density at radius 2 is 2.15 bits per heavy atom. The SMILES string of the molecule is COC(=O)C(C)(CN1CCc2ccccc21)NC(C)C. The first kappa shape index (κ1) is 14.9. The zero-order valence-corrected chi connectivity index (χ0v) is 12.8. The third-order valence-corrected chi connectivity index (χ3v) is 3.73. The minimum absolute atomic E-state index is 0.212. The van der Waals surface area contributed by atoms with Gasteiger partial charge in [0.2, 0.25) is 0 Å². The average molecular weight is 276 g/mol. The van der Waals surface area contributed by atoms with Gasteiger partial charge in [0.05, 0.1) is 7.11 Å². The van der Waals surface area contributed by atoms with Gasteiger partial charge < -0.3 is 9.64 Å². The highest BCUT2D eigenvalue weighted by Gasteiger charge is 2.38. The number of anilines is 1.